The van der Waals surface area contributed by atoms with Crippen LogP contribution in [0.2, 0.25) is 0 Å². The summed E-state index contributed by atoms with van der Waals surface area (Å²) in [7, 11) is 0. The van der Waals surface area contributed by atoms with Crippen LogP contribution in [-0.4, -0.2) is 21.8 Å². The molecule has 0 rings (SSSR count). The molecule has 0 bridgehead atoms. The van der Waals surface area contributed by atoms with Crippen molar-refractivity contribution in [2.24, 2.45) is 5.10 Å². The van der Waals surface area contributed by atoms with Crippen molar-refractivity contribution in [2.45, 2.75) is 0 Å². The first-order chi connectivity index (χ1) is 2.77. The van der Waals surface area contributed by atoms with Gasteiger partial charge in [-0.1, -0.05) is 0 Å². The molecule has 0 aromatic rings. The minimum atomic E-state index is -0.556. The lowest BCUT2D eigenvalue weighted by Crippen LogP contribution is -2.01. The van der Waals surface area contributed by atoms with Crippen molar-refractivity contribution in [2.75, 3.05) is 0 Å². The number of hydrogen-bond acceptors (Lipinski definition) is 4. The molecule has 0 amide bonds. The second-order valence-corrected chi connectivity index (χ2v) is 0.468. The van der Waals surface area contributed by atoms with E-state index in [4.69, 9.17) is 15.8 Å². The van der Waals surface area contributed by atoms with Gasteiger partial charge < -0.3 is 5.41 Å². The Morgan fingerprint density at radius 3 is 2.17 bits per heavy atom. The Hall–Kier alpha value is -0.900. The second kappa shape index (κ2) is 2.34. The van der Waals surface area contributed by atoms with Gasteiger partial charge in [-0.3, -0.25) is 15.5 Å². The Kier molecular flexibility index (Phi) is 1.99. The van der Waals surface area contributed by atoms with E-state index in [1.54, 1.807) is 0 Å². The van der Waals surface area contributed by atoms with E-state index in [2.05, 4.69) is 5.10 Å². The molecule has 0 aromatic carbocycles. The van der Waals surface area contributed by atoms with Crippen molar-refractivity contribution < 1.29 is 10.4 Å². The van der Waals surface area contributed by atoms with Gasteiger partial charge in [-0.05, 0) is 0 Å². The average molecular weight is 88.0 g/mol. The first-order valence-electron chi connectivity index (χ1n) is 1.05. The second-order valence-electron chi connectivity index (χ2n) is 0.468. The fraction of sp³-hybridized carbons (Fsp3) is 0. The van der Waals surface area contributed by atoms with E-state index < -0.39 is 5.34 Å². The highest BCUT2D eigenvalue weighted by atomic mass is 16.8. The van der Waals surface area contributed by atoms with Crippen molar-refractivity contribution in [3.8, 4) is 0 Å². The topological polar surface area (TPSA) is 78.4 Å². The van der Waals surface area contributed by atoms with Crippen molar-refractivity contribution >= 4 is 6.01 Å². The summed E-state index contributed by atoms with van der Waals surface area (Å²) in [5.41, 5.74) is 0. The number of hydrazone groups is 1. The molecule has 6 heavy (non-hydrogen) atoms. The normalized spacial score (nSPS) is 6.33. The quantitative estimate of drug-likeness (QED) is 0.342. The van der Waals surface area contributed by atoms with E-state index in [1.165, 1.54) is 0 Å². The van der Waals surface area contributed by atoms with E-state index in [9.17, 15) is 0 Å². The van der Waals surface area contributed by atoms with Crippen LogP contribution in [0.1, 0.15) is 0 Å². The van der Waals surface area contributed by atoms with Crippen LogP contribution in [0.5, 0.6) is 0 Å². The van der Waals surface area contributed by atoms with Gasteiger partial charge in [0.2, 0.25) is 0 Å². The Balaban J connectivity index is 3.29. The SMILES string of the molecule is [N-]=C=NN(O)O. The van der Waals surface area contributed by atoms with E-state index in [0.717, 1.165) is 6.01 Å². The number of hydrogen-bond donors (Lipinski definition) is 2. The zero-order valence-electron chi connectivity index (χ0n) is 2.74. The molecule has 2 N–H and O–H groups in total. The largest absolute Gasteiger partial charge is 0.421 e. The maximum atomic E-state index is 7.55. The van der Waals surface area contributed by atoms with Gasteiger partial charge in [0, 0.05) is 0 Å². The minimum Gasteiger partial charge on any atom is -0.421 e. The molecule has 0 saturated heterocycles. The third-order valence-electron chi connectivity index (χ3n) is 0.134. The standard InChI is InChI=1S/CH2N3O2/c2-1-3-4(5)6/h5-6H/q-1. The van der Waals surface area contributed by atoms with Crippen LogP contribution in [-0.2, 0) is 0 Å². The van der Waals surface area contributed by atoms with Crippen LogP contribution in [0.4, 0.5) is 0 Å². The molecule has 0 radical (unpaired) electrons. The van der Waals surface area contributed by atoms with Crippen LogP contribution < -0.4 is 0 Å². The van der Waals surface area contributed by atoms with E-state index in [1.807, 2.05) is 0 Å². The molecule has 0 saturated carbocycles. The summed E-state index contributed by atoms with van der Waals surface area (Å²) in [5.74, 6) is 0. The van der Waals surface area contributed by atoms with E-state index >= 15 is 0 Å². The summed E-state index contributed by atoms with van der Waals surface area (Å²) in [4.78, 5) is 0. The number of nitrogens with zero attached hydrogens (tertiary/aromatic N) is 3. The lowest BCUT2D eigenvalue weighted by atomic mass is 11.6. The molecular weight excluding hydrogens is 86.0 g/mol. The zero-order chi connectivity index (χ0) is 4.99. The van der Waals surface area contributed by atoms with Gasteiger partial charge in [0.05, 0.1) is 0 Å². The van der Waals surface area contributed by atoms with Crippen LogP contribution in [0.15, 0.2) is 5.10 Å². The summed E-state index contributed by atoms with van der Waals surface area (Å²) >= 11 is 0. The molecular formula is CH2N3O2-. The van der Waals surface area contributed by atoms with Crippen LogP contribution in [0.25, 0.3) is 5.41 Å². The Morgan fingerprint density at radius 1 is 1.67 bits per heavy atom. The first kappa shape index (κ1) is 5.10. The molecule has 34 valence electrons. The number of rotatable bonds is 1. The monoisotopic (exact) mass is 88.0 g/mol. The van der Waals surface area contributed by atoms with E-state index in [0.29, 0.717) is 0 Å². The summed E-state index contributed by atoms with van der Waals surface area (Å²) < 4.78 is 0. The highest BCUT2D eigenvalue weighted by Crippen LogP contribution is 1.63. The molecule has 5 heteroatoms. The minimum absolute atomic E-state index is 0.556. The van der Waals surface area contributed by atoms with Gasteiger partial charge in [0.15, 0.2) is 0 Å². The molecule has 0 aliphatic heterocycles. The van der Waals surface area contributed by atoms with Gasteiger partial charge in [0.25, 0.3) is 0 Å². The first-order valence-corrected chi connectivity index (χ1v) is 1.05. The molecule has 0 heterocycles. The Morgan fingerprint density at radius 2 is 2.17 bits per heavy atom. The zero-order valence-corrected chi connectivity index (χ0v) is 2.74. The van der Waals surface area contributed by atoms with Crippen molar-refractivity contribution in [1.82, 2.24) is 5.34 Å². The molecule has 0 atom stereocenters. The highest BCUT2D eigenvalue weighted by Gasteiger charge is 1.60. The van der Waals surface area contributed by atoms with E-state index in [-0.39, 0.29) is 0 Å². The predicted molar refractivity (Wildman–Crippen MR) is 16.2 cm³/mol. The molecule has 0 fully saturated rings. The predicted octanol–water partition coefficient (Wildman–Crippen LogP) is -0.275. The van der Waals surface area contributed by atoms with Gasteiger partial charge in [-0.25, -0.2) is 0 Å². The fourth-order valence-electron chi connectivity index (χ4n) is 0.0400. The van der Waals surface area contributed by atoms with Gasteiger partial charge in [-0.2, -0.15) is 0 Å². The molecule has 0 aliphatic carbocycles. The van der Waals surface area contributed by atoms with Crippen molar-refractivity contribution in [3.05, 3.63) is 5.41 Å². The van der Waals surface area contributed by atoms with Crippen LogP contribution >= 0.6 is 0 Å². The molecule has 5 nitrogen and oxygen atoms in total. The maximum Gasteiger partial charge on any atom is -0.128 e. The molecule has 0 aliphatic rings. The average Bonchev–Trinajstić information content (AvgIpc) is 1.35. The summed E-state index contributed by atoms with van der Waals surface area (Å²) in [6, 6.07) is 1.12. The summed E-state index contributed by atoms with van der Waals surface area (Å²) in [5, 5.41) is 24.4. The lowest BCUT2D eigenvalue weighted by molar-refractivity contribution is -0.307. The molecule has 0 aromatic heterocycles. The third kappa shape index (κ3) is 3.10. The van der Waals surface area contributed by atoms with Crippen molar-refractivity contribution in [1.29, 1.82) is 0 Å². The fourth-order valence-corrected chi connectivity index (χ4v) is 0.0400. The Bertz CT molecular complexity index is 72.9. The van der Waals surface area contributed by atoms with Gasteiger partial charge >= 0.3 is 0 Å². The van der Waals surface area contributed by atoms with Gasteiger partial charge in [0.1, 0.15) is 0 Å². The smallest absolute Gasteiger partial charge is 0.128 e. The lowest BCUT2D eigenvalue weighted by Gasteiger charge is -2.00. The van der Waals surface area contributed by atoms with Crippen LogP contribution in [0.3, 0.4) is 0 Å². The third-order valence-corrected chi connectivity index (χ3v) is 0.134. The van der Waals surface area contributed by atoms with Gasteiger partial charge in [-0.15, -0.1) is 11.3 Å². The van der Waals surface area contributed by atoms with Crippen LogP contribution in [0, 0.1) is 0 Å². The summed E-state index contributed by atoms with van der Waals surface area (Å²) in [6.45, 7) is 0. The molecule has 0 unspecified atom stereocenters. The molecule has 0 spiro atoms. The summed E-state index contributed by atoms with van der Waals surface area (Å²) in [6.07, 6.45) is 0. The maximum absolute atomic E-state index is 7.55. The Labute approximate surface area is 33.5 Å². The van der Waals surface area contributed by atoms with Crippen molar-refractivity contribution in [3.63, 3.8) is 0 Å². The highest BCUT2D eigenvalue weighted by molar-refractivity contribution is 5.43.